The number of nitrogens with one attached hydrogen (secondary N) is 1. The molecule has 0 radical (unpaired) electrons. The normalized spacial score (nSPS) is 11.1. The van der Waals surface area contributed by atoms with Gasteiger partial charge in [-0.1, -0.05) is 0 Å². The average molecular weight is 384 g/mol. The Balaban J connectivity index is 2.05. The lowest BCUT2D eigenvalue weighted by atomic mass is 10.1. The van der Waals surface area contributed by atoms with Crippen LogP contribution in [0.4, 0.5) is 0 Å². The van der Waals surface area contributed by atoms with Gasteiger partial charge in [0.25, 0.3) is 0 Å². The van der Waals surface area contributed by atoms with Crippen LogP contribution in [0.15, 0.2) is 35.4 Å². The lowest BCUT2D eigenvalue weighted by molar-refractivity contribution is 0.395. The summed E-state index contributed by atoms with van der Waals surface area (Å²) in [6.45, 7) is 3.69. The molecule has 7 nitrogen and oxygen atoms in total. The molecule has 0 atom stereocenters. The molecule has 3 aromatic rings. The van der Waals surface area contributed by atoms with Crippen molar-refractivity contribution in [3.63, 3.8) is 0 Å². The predicted molar refractivity (Wildman–Crippen MR) is 107 cm³/mol. The number of phenols is 1. The lowest BCUT2D eigenvalue weighted by Gasteiger charge is -2.09. The minimum Gasteiger partial charge on any atom is -0.507 e. The van der Waals surface area contributed by atoms with Crippen molar-refractivity contribution in [2.45, 2.75) is 13.8 Å². The molecular weight excluding hydrogens is 364 g/mol. The molecule has 3 rings (SSSR count). The first-order valence-corrected chi connectivity index (χ1v) is 8.59. The first-order valence-electron chi connectivity index (χ1n) is 8.19. The third-order valence-corrected chi connectivity index (χ3v) is 4.40. The molecule has 0 saturated carbocycles. The number of aryl methyl sites for hydroxylation is 2. The summed E-state index contributed by atoms with van der Waals surface area (Å²) in [5, 5.41) is 21.4. The molecule has 140 valence electrons. The molecule has 0 aliphatic heterocycles. The smallest absolute Gasteiger partial charge is 0.216 e. The Morgan fingerprint density at radius 3 is 2.48 bits per heavy atom. The minimum absolute atomic E-state index is 0.288. The second-order valence-corrected chi connectivity index (χ2v) is 6.36. The highest BCUT2D eigenvalue weighted by Crippen LogP contribution is 2.32. The van der Waals surface area contributed by atoms with Crippen LogP contribution < -0.4 is 9.47 Å². The van der Waals surface area contributed by atoms with Crippen LogP contribution in [0.3, 0.4) is 0 Å². The van der Waals surface area contributed by atoms with Gasteiger partial charge in [-0.15, -0.1) is 0 Å². The fraction of sp³-hybridized carbons (Fsp3) is 0.211. The number of ether oxygens (including phenoxy) is 2. The lowest BCUT2D eigenvalue weighted by Crippen LogP contribution is -1.98. The fourth-order valence-corrected chi connectivity index (χ4v) is 2.92. The maximum atomic E-state index is 9.91. The van der Waals surface area contributed by atoms with Crippen LogP contribution in [0.1, 0.15) is 16.7 Å². The molecule has 0 aliphatic carbocycles. The Morgan fingerprint density at radius 1 is 1.15 bits per heavy atom. The van der Waals surface area contributed by atoms with Gasteiger partial charge in [0.1, 0.15) is 17.2 Å². The molecule has 0 unspecified atom stereocenters. The van der Waals surface area contributed by atoms with Crippen LogP contribution >= 0.6 is 12.2 Å². The van der Waals surface area contributed by atoms with E-state index in [9.17, 15) is 5.11 Å². The topological polar surface area (TPSA) is 84.7 Å². The van der Waals surface area contributed by atoms with Crippen molar-refractivity contribution in [1.82, 2.24) is 14.9 Å². The van der Waals surface area contributed by atoms with Crippen molar-refractivity contribution in [3.05, 3.63) is 51.8 Å². The first kappa shape index (κ1) is 18.7. The molecule has 1 aromatic heterocycles. The van der Waals surface area contributed by atoms with Gasteiger partial charge < -0.3 is 14.6 Å². The number of benzene rings is 2. The predicted octanol–water partition coefficient (Wildman–Crippen LogP) is 3.83. The Labute approximate surface area is 161 Å². The standard InChI is InChI=1S/C19H20N4O3S/c1-11-7-13(8-12(2)17(11)24)10-20-23-18(21-22-19(23)27)15-6-5-14(25-3)9-16(15)26-4/h5-10,24H,1-4H3,(H,22,27)/b20-10+. The zero-order valence-corrected chi connectivity index (χ0v) is 16.3. The number of nitrogens with zero attached hydrogens (tertiary/aromatic N) is 3. The quantitative estimate of drug-likeness (QED) is 0.516. The summed E-state index contributed by atoms with van der Waals surface area (Å²) in [6, 6.07) is 9.12. The van der Waals surface area contributed by atoms with Gasteiger partial charge in [-0.05, 0) is 67.0 Å². The van der Waals surface area contributed by atoms with E-state index in [-0.39, 0.29) is 5.75 Å². The summed E-state index contributed by atoms with van der Waals surface area (Å²) in [6.07, 6.45) is 1.67. The molecule has 0 amide bonds. The molecule has 0 fully saturated rings. The van der Waals surface area contributed by atoms with E-state index in [0.717, 1.165) is 22.3 Å². The number of aromatic hydroxyl groups is 1. The van der Waals surface area contributed by atoms with E-state index < -0.39 is 0 Å². The number of rotatable bonds is 5. The Kier molecular flexibility index (Phi) is 5.27. The van der Waals surface area contributed by atoms with E-state index in [4.69, 9.17) is 21.7 Å². The summed E-state index contributed by atoms with van der Waals surface area (Å²) in [5.41, 5.74) is 3.13. The van der Waals surface area contributed by atoms with Gasteiger partial charge in [0.15, 0.2) is 5.82 Å². The van der Waals surface area contributed by atoms with Crippen LogP contribution in [-0.2, 0) is 0 Å². The number of methoxy groups -OCH3 is 2. The molecule has 0 aliphatic rings. The maximum absolute atomic E-state index is 9.91. The van der Waals surface area contributed by atoms with E-state index in [1.165, 1.54) is 4.68 Å². The molecule has 2 aromatic carbocycles. The second-order valence-electron chi connectivity index (χ2n) is 5.98. The second kappa shape index (κ2) is 7.63. The van der Waals surface area contributed by atoms with Crippen LogP contribution in [0.5, 0.6) is 17.2 Å². The summed E-state index contributed by atoms with van der Waals surface area (Å²) < 4.78 is 12.6. The van der Waals surface area contributed by atoms with Crippen LogP contribution in [-0.4, -0.2) is 40.4 Å². The van der Waals surface area contributed by atoms with Gasteiger partial charge in [-0.2, -0.15) is 14.9 Å². The van der Waals surface area contributed by atoms with E-state index in [0.29, 0.717) is 22.1 Å². The molecule has 0 saturated heterocycles. The van der Waals surface area contributed by atoms with Gasteiger partial charge in [0.05, 0.1) is 26.0 Å². The van der Waals surface area contributed by atoms with Gasteiger partial charge in [-0.3, -0.25) is 0 Å². The number of H-pyrrole nitrogens is 1. The largest absolute Gasteiger partial charge is 0.507 e. The van der Waals surface area contributed by atoms with E-state index in [2.05, 4.69) is 15.3 Å². The molecule has 1 heterocycles. The molecule has 0 bridgehead atoms. The summed E-state index contributed by atoms with van der Waals surface area (Å²) in [5.74, 6) is 2.07. The van der Waals surface area contributed by atoms with Crippen molar-refractivity contribution in [2.24, 2.45) is 5.10 Å². The number of hydrogen-bond donors (Lipinski definition) is 2. The maximum Gasteiger partial charge on any atom is 0.216 e. The summed E-state index contributed by atoms with van der Waals surface area (Å²) in [7, 11) is 3.17. The van der Waals surface area contributed by atoms with Crippen LogP contribution in [0.2, 0.25) is 0 Å². The van der Waals surface area contributed by atoms with Crippen molar-refractivity contribution < 1.29 is 14.6 Å². The third-order valence-electron chi connectivity index (χ3n) is 4.14. The summed E-state index contributed by atoms with van der Waals surface area (Å²) in [4.78, 5) is 0. The number of hydrogen-bond acceptors (Lipinski definition) is 6. The van der Waals surface area contributed by atoms with Crippen LogP contribution in [0, 0.1) is 18.6 Å². The van der Waals surface area contributed by atoms with Crippen molar-refractivity contribution in [1.29, 1.82) is 0 Å². The van der Waals surface area contributed by atoms with Gasteiger partial charge in [0, 0.05) is 6.07 Å². The molecular formula is C19H20N4O3S. The SMILES string of the molecule is COc1ccc(-c2n[nH]c(=S)n2/N=C/c2cc(C)c(O)c(C)c2)c(OC)c1. The minimum atomic E-state index is 0.288. The third kappa shape index (κ3) is 3.70. The van der Waals surface area contributed by atoms with Gasteiger partial charge >= 0.3 is 0 Å². The molecule has 8 heteroatoms. The van der Waals surface area contributed by atoms with Crippen molar-refractivity contribution >= 4 is 18.4 Å². The Bertz CT molecular complexity index is 1050. The zero-order valence-electron chi connectivity index (χ0n) is 15.5. The van der Waals surface area contributed by atoms with Crippen LogP contribution in [0.25, 0.3) is 11.4 Å². The highest BCUT2D eigenvalue weighted by atomic mass is 32.1. The summed E-state index contributed by atoms with van der Waals surface area (Å²) >= 11 is 5.31. The van der Waals surface area contributed by atoms with Gasteiger partial charge in [-0.25, -0.2) is 5.10 Å². The number of aromatic nitrogens is 3. The van der Waals surface area contributed by atoms with E-state index in [1.807, 2.05) is 38.1 Å². The van der Waals surface area contributed by atoms with E-state index >= 15 is 0 Å². The van der Waals surface area contributed by atoms with Crippen molar-refractivity contribution in [3.8, 4) is 28.6 Å². The monoisotopic (exact) mass is 384 g/mol. The average Bonchev–Trinajstić information content (AvgIpc) is 3.03. The highest BCUT2D eigenvalue weighted by molar-refractivity contribution is 7.71. The number of phenolic OH excluding ortho intramolecular Hbond substituents is 1. The molecule has 0 spiro atoms. The molecule has 2 N–H and O–H groups in total. The number of aromatic amines is 1. The Morgan fingerprint density at radius 2 is 1.85 bits per heavy atom. The van der Waals surface area contributed by atoms with E-state index in [1.54, 1.807) is 26.5 Å². The van der Waals surface area contributed by atoms with Crippen molar-refractivity contribution in [2.75, 3.05) is 14.2 Å². The van der Waals surface area contributed by atoms with Gasteiger partial charge in [0.2, 0.25) is 4.77 Å². The highest BCUT2D eigenvalue weighted by Gasteiger charge is 2.14. The zero-order chi connectivity index (χ0) is 19.6. The fourth-order valence-electron chi connectivity index (χ4n) is 2.74. The molecule has 27 heavy (non-hydrogen) atoms. The Hall–Kier alpha value is -3.13. The first-order chi connectivity index (χ1) is 12.9.